The Hall–Kier alpha value is -3.08. The number of rotatable bonds is 3. The Kier molecular flexibility index (Phi) is 3.57. The van der Waals surface area contributed by atoms with Crippen LogP contribution in [-0.2, 0) is 0 Å². The molecule has 0 amide bonds. The molecule has 0 N–H and O–H groups in total. The summed E-state index contributed by atoms with van der Waals surface area (Å²) in [5.41, 5.74) is 4.95. The Balaban J connectivity index is 1.79. The van der Waals surface area contributed by atoms with Gasteiger partial charge < -0.3 is 13.7 Å². The van der Waals surface area contributed by atoms with E-state index in [0.29, 0.717) is 17.5 Å². The van der Waals surface area contributed by atoms with Gasteiger partial charge in [-0.3, -0.25) is 0 Å². The number of furan rings is 1. The van der Waals surface area contributed by atoms with Gasteiger partial charge in [0, 0.05) is 16.5 Å². The van der Waals surface area contributed by atoms with Gasteiger partial charge in [0.25, 0.3) is 5.89 Å². The number of nitrogens with zero attached hydrogens (tertiary/aromatic N) is 2. The quantitative estimate of drug-likeness (QED) is 0.522. The zero-order chi connectivity index (χ0) is 17.6. The molecular weight excluding hydrogens is 316 g/mol. The van der Waals surface area contributed by atoms with Crippen molar-refractivity contribution in [2.24, 2.45) is 0 Å². The number of fused-ring (bicyclic) bond motifs is 1. The van der Waals surface area contributed by atoms with Gasteiger partial charge >= 0.3 is 0 Å². The lowest BCUT2D eigenvalue weighted by molar-refractivity contribution is 0.415. The van der Waals surface area contributed by atoms with Gasteiger partial charge in [0.2, 0.25) is 5.82 Å². The van der Waals surface area contributed by atoms with Gasteiger partial charge in [0.1, 0.15) is 11.3 Å². The van der Waals surface area contributed by atoms with Gasteiger partial charge in [-0.1, -0.05) is 22.3 Å². The summed E-state index contributed by atoms with van der Waals surface area (Å²) in [6, 6.07) is 11.9. The van der Waals surface area contributed by atoms with E-state index in [-0.39, 0.29) is 0 Å². The maximum atomic E-state index is 5.94. The molecule has 5 nitrogen and oxygen atoms in total. The molecule has 2 aromatic heterocycles. The van der Waals surface area contributed by atoms with E-state index >= 15 is 0 Å². The van der Waals surface area contributed by atoms with Gasteiger partial charge in [0.05, 0.1) is 7.11 Å². The average molecular weight is 334 g/mol. The molecule has 0 aliphatic rings. The van der Waals surface area contributed by atoms with E-state index in [2.05, 4.69) is 16.2 Å². The van der Waals surface area contributed by atoms with Crippen LogP contribution in [0.5, 0.6) is 5.75 Å². The fourth-order valence-corrected chi connectivity index (χ4v) is 3.07. The molecule has 0 spiro atoms. The van der Waals surface area contributed by atoms with Crippen LogP contribution >= 0.6 is 0 Å². The number of methoxy groups -OCH3 is 1. The summed E-state index contributed by atoms with van der Waals surface area (Å²) in [5, 5.41) is 5.09. The number of hydrogen-bond donors (Lipinski definition) is 0. The third-order valence-corrected chi connectivity index (χ3v) is 4.24. The van der Waals surface area contributed by atoms with E-state index in [4.69, 9.17) is 13.7 Å². The second kappa shape index (κ2) is 5.77. The largest absolute Gasteiger partial charge is 0.497 e. The SMILES string of the molecule is COc1ccc2oc(-c3noc(-c4cc(C)cc(C)c4)n3)c(C)c2c1. The number of hydrogen-bond acceptors (Lipinski definition) is 5. The minimum Gasteiger partial charge on any atom is -0.497 e. The van der Waals surface area contributed by atoms with E-state index in [1.54, 1.807) is 7.11 Å². The van der Waals surface area contributed by atoms with Crippen LogP contribution in [0.15, 0.2) is 45.3 Å². The van der Waals surface area contributed by atoms with Crippen molar-refractivity contribution < 1.29 is 13.7 Å². The third-order valence-electron chi connectivity index (χ3n) is 4.24. The molecule has 0 fully saturated rings. The summed E-state index contributed by atoms with van der Waals surface area (Å²) in [7, 11) is 1.65. The van der Waals surface area contributed by atoms with Crippen LogP contribution in [0.1, 0.15) is 16.7 Å². The summed E-state index contributed by atoms with van der Waals surface area (Å²) in [5.74, 6) is 2.33. The van der Waals surface area contributed by atoms with Gasteiger partial charge in [-0.05, 0) is 51.1 Å². The van der Waals surface area contributed by atoms with Gasteiger partial charge in [-0.25, -0.2) is 0 Å². The van der Waals surface area contributed by atoms with Crippen molar-refractivity contribution >= 4 is 11.0 Å². The Morgan fingerprint density at radius 3 is 2.44 bits per heavy atom. The monoisotopic (exact) mass is 334 g/mol. The van der Waals surface area contributed by atoms with Crippen molar-refractivity contribution in [1.82, 2.24) is 10.1 Å². The normalized spacial score (nSPS) is 11.2. The molecule has 0 aliphatic carbocycles. The predicted molar refractivity (Wildman–Crippen MR) is 95.7 cm³/mol. The summed E-state index contributed by atoms with van der Waals surface area (Å²) in [6.45, 7) is 6.07. The van der Waals surface area contributed by atoms with Crippen molar-refractivity contribution in [2.45, 2.75) is 20.8 Å². The molecule has 0 aliphatic heterocycles. The maximum Gasteiger partial charge on any atom is 0.258 e. The molecule has 4 aromatic rings. The molecule has 0 radical (unpaired) electrons. The van der Waals surface area contributed by atoms with Crippen LogP contribution in [0, 0.1) is 20.8 Å². The van der Waals surface area contributed by atoms with Crippen LogP contribution in [0.4, 0.5) is 0 Å². The molecule has 25 heavy (non-hydrogen) atoms. The first kappa shape index (κ1) is 15.4. The molecule has 2 heterocycles. The van der Waals surface area contributed by atoms with E-state index in [1.807, 2.05) is 51.1 Å². The van der Waals surface area contributed by atoms with Crippen molar-refractivity contribution in [3.8, 4) is 28.8 Å². The Bertz CT molecular complexity index is 1060. The highest BCUT2D eigenvalue weighted by Crippen LogP contribution is 2.34. The maximum absolute atomic E-state index is 5.94. The van der Waals surface area contributed by atoms with E-state index in [9.17, 15) is 0 Å². The van der Waals surface area contributed by atoms with Crippen molar-refractivity contribution in [3.63, 3.8) is 0 Å². The van der Waals surface area contributed by atoms with Crippen LogP contribution in [-0.4, -0.2) is 17.3 Å². The molecule has 0 saturated heterocycles. The van der Waals surface area contributed by atoms with Crippen molar-refractivity contribution in [1.29, 1.82) is 0 Å². The van der Waals surface area contributed by atoms with Crippen molar-refractivity contribution in [3.05, 3.63) is 53.1 Å². The lowest BCUT2D eigenvalue weighted by atomic mass is 10.1. The zero-order valence-electron chi connectivity index (χ0n) is 14.6. The summed E-state index contributed by atoms with van der Waals surface area (Å²) < 4.78 is 16.7. The summed E-state index contributed by atoms with van der Waals surface area (Å²) in [6.07, 6.45) is 0. The standard InChI is InChI=1S/C20H18N2O3/c1-11-7-12(2)9-14(8-11)20-21-19(22-25-20)18-13(3)16-10-15(23-4)5-6-17(16)24-18/h5-10H,1-4H3. The first-order valence-electron chi connectivity index (χ1n) is 8.05. The summed E-state index contributed by atoms with van der Waals surface area (Å²) in [4.78, 5) is 4.53. The molecule has 4 rings (SSSR count). The Morgan fingerprint density at radius 1 is 0.960 bits per heavy atom. The number of aryl methyl sites for hydroxylation is 3. The minimum atomic E-state index is 0.446. The van der Waals surface area contributed by atoms with Gasteiger partial charge in [-0.15, -0.1) is 0 Å². The summed E-state index contributed by atoms with van der Waals surface area (Å²) >= 11 is 0. The average Bonchev–Trinajstić information content (AvgIpc) is 3.19. The van der Waals surface area contributed by atoms with Crippen LogP contribution < -0.4 is 4.74 Å². The molecule has 2 aromatic carbocycles. The number of benzene rings is 2. The first-order chi connectivity index (χ1) is 12.0. The second-order valence-corrected chi connectivity index (χ2v) is 6.22. The van der Waals surface area contributed by atoms with E-state index in [0.717, 1.165) is 39.0 Å². The van der Waals surface area contributed by atoms with E-state index in [1.165, 1.54) is 0 Å². The van der Waals surface area contributed by atoms with Crippen LogP contribution in [0.3, 0.4) is 0 Å². The lowest BCUT2D eigenvalue weighted by Gasteiger charge is -1.99. The molecule has 5 heteroatoms. The highest BCUT2D eigenvalue weighted by atomic mass is 16.5. The zero-order valence-corrected chi connectivity index (χ0v) is 14.6. The highest BCUT2D eigenvalue weighted by Gasteiger charge is 2.19. The van der Waals surface area contributed by atoms with Gasteiger partial charge in [0.15, 0.2) is 5.76 Å². The molecular formula is C20H18N2O3. The fraction of sp³-hybridized carbons (Fsp3) is 0.200. The smallest absolute Gasteiger partial charge is 0.258 e. The highest BCUT2D eigenvalue weighted by molar-refractivity contribution is 5.87. The molecule has 0 unspecified atom stereocenters. The Labute approximate surface area is 145 Å². The van der Waals surface area contributed by atoms with Crippen molar-refractivity contribution in [2.75, 3.05) is 7.11 Å². The predicted octanol–water partition coefficient (Wildman–Crippen LogP) is 5.08. The molecule has 0 saturated carbocycles. The third kappa shape index (κ3) is 2.67. The Morgan fingerprint density at radius 2 is 1.72 bits per heavy atom. The topological polar surface area (TPSA) is 61.3 Å². The second-order valence-electron chi connectivity index (χ2n) is 6.22. The number of aromatic nitrogens is 2. The first-order valence-corrected chi connectivity index (χ1v) is 8.05. The van der Waals surface area contributed by atoms with Crippen LogP contribution in [0.2, 0.25) is 0 Å². The van der Waals surface area contributed by atoms with Gasteiger partial charge in [-0.2, -0.15) is 4.98 Å². The fourth-order valence-electron chi connectivity index (χ4n) is 3.07. The molecule has 126 valence electrons. The molecule has 0 atom stereocenters. The van der Waals surface area contributed by atoms with Crippen LogP contribution in [0.25, 0.3) is 34.0 Å². The lowest BCUT2D eigenvalue weighted by Crippen LogP contribution is -1.84. The number of ether oxygens (including phenoxy) is 1. The van der Waals surface area contributed by atoms with E-state index < -0.39 is 0 Å². The minimum absolute atomic E-state index is 0.446. The molecule has 0 bridgehead atoms.